The number of carbonyl (C=O) groups is 1. The average molecular weight is 293 g/mol. The van der Waals surface area contributed by atoms with Gasteiger partial charge in [0.25, 0.3) is 0 Å². The third-order valence-corrected chi connectivity index (χ3v) is 7.12. The van der Waals surface area contributed by atoms with Crippen LogP contribution in [0.4, 0.5) is 5.00 Å². The molecule has 0 atom stereocenters. The van der Waals surface area contributed by atoms with Gasteiger partial charge in [0.05, 0.1) is 19.3 Å². The van der Waals surface area contributed by atoms with Crippen molar-refractivity contribution in [3.8, 4) is 0 Å². The standard InChI is InChI=1S/C13H11NOS3/c15-7-8-5-9-12(16-8)13-10(17-9)6-11(18-13)14-3-1-2-4-14/h5-7H,1-4H2. The molecule has 18 heavy (non-hydrogen) atoms. The van der Waals surface area contributed by atoms with Crippen LogP contribution in [0.2, 0.25) is 0 Å². The average Bonchev–Trinajstić information content (AvgIpc) is 3.08. The Labute approximate surface area is 116 Å². The SMILES string of the molecule is O=Cc1cc2sc3cc(N4CCCC4)sc3c2s1. The Bertz CT molecular complexity index is 730. The van der Waals surface area contributed by atoms with Gasteiger partial charge in [0, 0.05) is 22.5 Å². The Kier molecular flexibility index (Phi) is 2.46. The Morgan fingerprint density at radius 2 is 1.72 bits per heavy atom. The minimum Gasteiger partial charge on any atom is -0.363 e. The van der Waals surface area contributed by atoms with E-state index in [1.54, 1.807) is 11.3 Å². The van der Waals surface area contributed by atoms with Crippen molar-refractivity contribution in [2.45, 2.75) is 12.8 Å². The summed E-state index contributed by atoms with van der Waals surface area (Å²) >= 11 is 5.32. The van der Waals surface area contributed by atoms with Crippen molar-refractivity contribution in [3.05, 3.63) is 17.0 Å². The van der Waals surface area contributed by atoms with Crippen molar-refractivity contribution in [1.82, 2.24) is 0 Å². The Morgan fingerprint density at radius 3 is 2.50 bits per heavy atom. The number of hydrogen-bond donors (Lipinski definition) is 0. The number of anilines is 1. The smallest absolute Gasteiger partial charge is 0.160 e. The molecule has 4 heterocycles. The number of fused-ring (bicyclic) bond motifs is 3. The molecule has 0 unspecified atom stereocenters. The van der Waals surface area contributed by atoms with Crippen LogP contribution in [0.1, 0.15) is 22.5 Å². The monoisotopic (exact) mass is 293 g/mol. The lowest BCUT2D eigenvalue weighted by Gasteiger charge is -2.13. The molecule has 4 rings (SSSR count). The fourth-order valence-corrected chi connectivity index (χ4v) is 6.39. The summed E-state index contributed by atoms with van der Waals surface area (Å²) in [5.41, 5.74) is 0. The maximum absolute atomic E-state index is 10.8. The molecule has 1 saturated heterocycles. The first-order chi connectivity index (χ1) is 8.85. The molecule has 0 amide bonds. The molecule has 0 N–H and O–H groups in total. The molecule has 2 nitrogen and oxygen atoms in total. The van der Waals surface area contributed by atoms with Crippen LogP contribution in [0.3, 0.4) is 0 Å². The summed E-state index contributed by atoms with van der Waals surface area (Å²) in [5, 5.41) is 1.40. The maximum Gasteiger partial charge on any atom is 0.160 e. The summed E-state index contributed by atoms with van der Waals surface area (Å²) in [6.45, 7) is 2.39. The van der Waals surface area contributed by atoms with E-state index in [9.17, 15) is 4.79 Å². The number of carbonyl (C=O) groups excluding carboxylic acids is 1. The summed E-state index contributed by atoms with van der Waals surface area (Å²) in [6.07, 6.45) is 3.59. The van der Waals surface area contributed by atoms with Crippen LogP contribution in [0, 0.1) is 0 Å². The van der Waals surface area contributed by atoms with Gasteiger partial charge in [-0.3, -0.25) is 4.79 Å². The van der Waals surface area contributed by atoms with Gasteiger partial charge in [0.2, 0.25) is 0 Å². The fourth-order valence-electron chi connectivity index (χ4n) is 2.49. The van der Waals surface area contributed by atoms with E-state index in [1.165, 1.54) is 49.7 Å². The van der Waals surface area contributed by atoms with Gasteiger partial charge in [-0.2, -0.15) is 0 Å². The zero-order chi connectivity index (χ0) is 12.1. The van der Waals surface area contributed by atoms with Gasteiger partial charge in [-0.15, -0.1) is 34.0 Å². The Morgan fingerprint density at radius 1 is 1.00 bits per heavy atom. The predicted octanol–water partition coefficient (Wildman–Crippen LogP) is 4.59. The third-order valence-electron chi connectivity index (χ3n) is 3.36. The topological polar surface area (TPSA) is 20.3 Å². The summed E-state index contributed by atoms with van der Waals surface area (Å²) in [5.74, 6) is 0. The molecule has 0 spiro atoms. The first kappa shape index (κ1) is 11.0. The normalized spacial score (nSPS) is 16.1. The van der Waals surface area contributed by atoms with Gasteiger partial charge >= 0.3 is 0 Å². The zero-order valence-electron chi connectivity index (χ0n) is 9.64. The van der Waals surface area contributed by atoms with E-state index in [-0.39, 0.29) is 0 Å². The molecule has 1 fully saturated rings. The van der Waals surface area contributed by atoms with E-state index in [1.807, 2.05) is 28.7 Å². The minimum atomic E-state index is 0.842. The molecule has 0 aromatic carbocycles. The van der Waals surface area contributed by atoms with Crippen molar-refractivity contribution < 1.29 is 4.79 Å². The highest BCUT2D eigenvalue weighted by Crippen LogP contribution is 2.46. The Balaban J connectivity index is 1.88. The molecule has 0 saturated carbocycles. The van der Waals surface area contributed by atoms with E-state index >= 15 is 0 Å². The van der Waals surface area contributed by atoms with Crippen molar-refractivity contribution in [2.24, 2.45) is 0 Å². The van der Waals surface area contributed by atoms with E-state index in [0.717, 1.165) is 11.2 Å². The van der Waals surface area contributed by atoms with Gasteiger partial charge in [-0.25, -0.2) is 0 Å². The second kappa shape index (κ2) is 4.05. The van der Waals surface area contributed by atoms with Crippen LogP contribution in [0.25, 0.3) is 18.8 Å². The lowest BCUT2D eigenvalue weighted by Crippen LogP contribution is -2.15. The second-order valence-corrected chi connectivity index (χ2v) is 7.73. The molecule has 1 aliphatic rings. The second-order valence-electron chi connectivity index (χ2n) is 4.53. The van der Waals surface area contributed by atoms with Crippen LogP contribution in [-0.2, 0) is 0 Å². The van der Waals surface area contributed by atoms with Crippen molar-refractivity contribution >= 4 is 64.1 Å². The van der Waals surface area contributed by atoms with E-state index in [0.29, 0.717) is 0 Å². The van der Waals surface area contributed by atoms with Crippen molar-refractivity contribution in [3.63, 3.8) is 0 Å². The first-order valence-corrected chi connectivity index (χ1v) is 8.46. The first-order valence-electron chi connectivity index (χ1n) is 6.01. The molecule has 0 radical (unpaired) electrons. The van der Waals surface area contributed by atoms with Crippen LogP contribution >= 0.6 is 34.0 Å². The highest BCUT2D eigenvalue weighted by molar-refractivity contribution is 7.39. The molecule has 3 aromatic heterocycles. The minimum absolute atomic E-state index is 0.842. The summed E-state index contributed by atoms with van der Waals surface area (Å²) < 4.78 is 5.31. The van der Waals surface area contributed by atoms with Crippen molar-refractivity contribution in [1.29, 1.82) is 0 Å². The van der Waals surface area contributed by atoms with Gasteiger partial charge in [0.15, 0.2) is 6.29 Å². The van der Waals surface area contributed by atoms with Crippen LogP contribution in [0.5, 0.6) is 0 Å². The van der Waals surface area contributed by atoms with E-state index < -0.39 is 0 Å². The van der Waals surface area contributed by atoms with Gasteiger partial charge < -0.3 is 4.90 Å². The van der Waals surface area contributed by atoms with Crippen LogP contribution < -0.4 is 4.90 Å². The summed E-state index contributed by atoms with van der Waals surface area (Å²) in [6, 6.07) is 4.34. The fraction of sp³-hybridized carbons (Fsp3) is 0.308. The van der Waals surface area contributed by atoms with Gasteiger partial charge in [-0.1, -0.05) is 0 Å². The highest BCUT2D eigenvalue weighted by atomic mass is 32.1. The van der Waals surface area contributed by atoms with Gasteiger partial charge in [-0.05, 0) is 25.0 Å². The number of thiophene rings is 3. The molecular formula is C13H11NOS3. The number of aldehydes is 1. The molecular weight excluding hydrogens is 282 g/mol. The number of rotatable bonds is 2. The van der Waals surface area contributed by atoms with Crippen LogP contribution in [-0.4, -0.2) is 19.4 Å². The maximum atomic E-state index is 10.8. The quantitative estimate of drug-likeness (QED) is 0.644. The van der Waals surface area contributed by atoms with Gasteiger partial charge in [0.1, 0.15) is 0 Å². The lowest BCUT2D eigenvalue weighted by molar-refractivity contribution is 0.112. The van der Waals surface area contributed by atoms with E-state index in [4.69, 9.17) is 0 Å². The number of hydrogen-bond acceptors (Lipinski definition) is 5. The number of nitrogens with zero attached hydrogens (tertiary/aromatic N) is 1. The summed E-state index contributed by atoms with van der Waals surface area (Å²) in [4.78, 5) is 14.2. The summed E-state index contributed by atoms with van der Waals surface area (Å²) in [7, 11) is 0. The third kappa shape index (κ3) is 1.54. The largest absolute Gasteiger partial charge is 0.363 e. The molecule has 1 aliphatic heterocycles. The molecule has 92 valence electrons. The lowest BCUT2D eigenvalue weighted by atomic mass is 10.4. The molecule has 3 aromatic rings. The molecule has 0 aliphatic carbocycles. The van der Waals surface area contributed by atoms with Crippen molar-refractivity contribution in [2.75, 3.05) is 18.0 Å². The molecule has 5 heteroatoms. The molecule has 0 bridgehead atoms. The Hall–Kier alpha value is -0.910. The highest BCUT2D eigenvalue weighted by Gasteiger charge is 2.18. The predicted molar refractivity (Wildman–Crippen MR) is 81.9 cm³/mol. The van der Waals surface area contributed by atoms with E-state index in [2.05, 4.69) is 11.0 Å². The van der Waals surface area contributed by atoms with Crippen LogP contribution in [0.15, 0.2) is 12.1 Å². The zero-order valence-corrected chi connectivity index (χ0v) is 12.1.